The van der Waals surface area contributed by atoms with E-state index in [-0.39, 0.29) is 41.5 Å². The van der Waals surface area contributed by atoms with Crippen molar-refractivity contribution in [1.82, 2.24) is 34.7 Å². The van der Waals surface area contributed by atoms with Crippen molar-refractivity contribution in [2.45, 2.75) is 25.5 Å². The number of hydrogen-bond acceptors (Lipinski definition) is 11. The third kappa shape index (κ3) is 4.89. The molecule has 0 fully saturated rings. The number of hydrogen-bond donors (Lipinski definition) is 1. The Kier molecular flexibility index (Phi) is 6.59. The number of anilines is 1. The van der Waals surface area contributed by atoms with Gasteiger partial charge in [-0.2, -0.15) is 9.97 Å². The average molecular weight is 505 g/mol. The molecule has 4 aromatic rings. The zero-order chi connectivity index (χ0) is 25.2. The van der Waals surface area contributed by atoms with Crippen molar-refractivity contribution in [3.05, 3.63) is 48.3 Å². The summed E-state index contributed by atoms with van der Waals surface area (Å²) in [6, 6.07) is 3.38. The Balaban J connectivity index is 1.79. The predicted molar refractivity (Wildman–Crippen MR) is 120 cm³/mol. The molecule has 0 aliphatic rings. The summed E-state index contributed by atoms with van der Waals surface area (Å²) in [6.45, 7) is 3.21. The van der Waals surface area contributed by atoms with Crippen LogP contribution in [0.4, 0.5) is 10.3 Å². The number of nitrogens with one attached hydrogen (secondary N) is 1. The maximum absolute atomic E-state index is 13.2. The summed E-state index contributed by atoms with van der Waals surface area (Å²) in [6.07, 6.45) is 3.10. The van der Waals surface area contributed by atoms with Gasteiger partial charge in [0, 0.05) is 6.42 Å². The number of halogens is 1. The molecule has 4 rings (SSSR count). The monoisotopic (exact) mass is 504 g/mol. The highest BCUT2D eigenvalue weighted by Gasteiger charge is 2.30. The minimum atomic E-state index is -4.06. The predicted octanol–water partition coefficient (Wildman–Crippen LogP) is 1.94. The van der Waals surface area contributed by atoms with Gasteiger partial charge in [0.15, 0.2) is 17.3 Å². The lowest BCUT2D eigenvalue weighted by molar-refractivity contribution is 0.368. The van der Waals surface area contributed by atoms with Gasteiger partial charge in [0.2, 0.25) is 33.6 Å². The molecule has 0 amide bonds. The van der Waals surface area contributed by atoms with E-state index in [1.165, 1.54) is 32.0 Å². The molecule has 4 aromatic heterocycles. The number of nitrogens with zero attached hydrogens (tertiary/aromatic N) is 7. The van der Waals surface area contributed by atoms with Gasteiger partial charge >= 0.3 is 0 Å². The van der Waals surface area contributed by atoms with Crippen LogP contribution in [0.2, 0.25) is 0 Å². The molecule has 0 spiro atoms. The van der Waals surface area contributed by atoms with Crippen LogP contribution in [0.5, 0.6) is 11.8 Å². The molecule has 0 aliphatic heterocycles. The Morgan fingerprint density at radius 2 is 1.74 bits per heavy atom. The van der Waals surface area contributed by atoms with Gasteiger partial charge in [-0.15, -0.1) is 10.2 Å². The summed E-state index contributed by atoms with van der Waals surface area (Å²) in [4.78, 5) is 15.8. The van der Waals surface area contributed by atoms with Crippen molar-refractivity contribution in [2.24, 2.45) is 0 Å². The third-order valence-corrected chi connectivity index (χ3v) is 6.59. The SMILES string of the molecule is COc1ncnc(OC)c1-n1c(NS(=O)(=O)[C@@H](C)Cc2ncc(F)cn2)nnc1-c1ccc(C)o1. The number of rotatable bonds is 9. The van der Waals surface area contributed by atoms with Gasteiger partial charge in [-0.05, 0) is 26.0 Å². The van der Waals surface area contributed by atoms with Gasteiger partial charge in [0.25, 0.3) is 0 Å². The molecule has 0 radical (unpaired) electrons. The van der Waals surface area contributed by atoms with E-state index in [0.29, 0.717) is 11.5 Å². The first kappa shape index (κ1) is 24.0. The molecule has 0 saturated carbocycles. The molecular formula is C20H21FN8O5S. The van der Waals surface area contributed by atoms with E-state index in [1.54, 1.807) is 19.1 Å². The second-order valence-electron chi connectivity index (χ2n) is 7.31. The Hall–Kier alpha value is -4.14. The number of aryl methyl sites for hydroxylation is 1. The normalized spacial score (nSPS) is 12.4. The number of furan rings is 1. The van der Waals surface area contributed by atoms with Crippen LogP contribution in [0.15, 0.2) is 35.3 Å². The molecule has 0 bridgehead atoms. The van der Waals surface area contributed by atoms with Gasteiger partial charge in [-0.1, -0.05) is 0 Å². The average Bonchev–Trinajstić information content (AvgIpc) is 3.45. The Labute approximate surface area is 199 Å². The molecule has 184 valence electrons. The van der Waals surface area contributed by atoms with Gasteiger partial charge in [0.05, 0.1) is 31.9 Å². The maximum atomic E-state index is 13.2. The molecular weight excluding hydrogens is 483 g/mol. The largest absolute Gasteiger partial charge is 0.479 e. The molecule has 0 saturated heterocycles. The van der Waals surface area contributed by atoms with Crippen molar-refractivity contribution in [1.29, 1.82) is 0 Å². The second kappa shape index (κ2) is 9.61. The van der Waals surface area contributed by atoms with Crippen molar-refractivity contribution < 1.29 is 26.7 Å². The highest BCUT2D eigenvalue weighted by atomic mass is 32.2. The van der Waals surface area contributed by atoms with E-state index in [2.05, 4.69) is 34.9 Å². The Bertz CT molecular complexity index is 1420. The molecule has 15 heteroatoms. The van der Waals surface area contributed by atoms with E-state index in [9.17, 15) is 12.8 Å². The molecule has 0 aliphatic carbocycles. The van der Waals surface area contributed by atoms with Crippen molar-refractivity contribution in [3.63, 3.8) is 0 Å². The molecule has 1 N–H and O–H groups in total. The van der Waals surface area contributed by atoms with Crippen LogP contribution >= 0.6 is 0 Å². The van der Waals surface area contributed by atoms with Crippen molar-refractivity contribution in [3.8, 4) is 29.0 Å². The van der Waals surface area contributed by atoms with E-state index < -0.39 is 21.1 Å². The lowest BCUT2D eigenvalue weighted by atomic mass is 10.3. The topological polar surface area (TPSA) is 160 Å². The first-order chi connectivity index (χ1) is 16.7. The Morgan fingerprint density at radius 1 is 1.09 bits per heavy atom. The van der Waals surface area contributed by atoms with Crippen LogP contribution in [-0.2, 0) is 16.4 Å². The van der Waals surface area contributed by atoms with Crippen LogP contribution in [-0.4, -0.2) is 62.6 Å². The minimum Gasteiger partial charge on any atom is -0.479 e. The molecule has 0 unspecified atom stereocenters. The van der Waals surface area contributed by atoms with E-state index in [4.69, 9.17) is 13.9 Å². The van der Waals surface area contributed by atoms with Crippen molar-refractivity contribution >= 4 is 16.0 Å². The number of aromatic nitrogens is 7. The highest BCUT2D eigenvalue weighted by Crippen LogP contribution is 2.35. The fourth-order valence-corrected chi connectivity index (χ4v) is 4.11. The molecule has 35 heavy (non-hydrogen) atoms. The first-order valence-electron chi connectivity index (χ1n) is 10.2. The lowest BCUT2D eigenvalue weighted by Crippen LogP contribution is -2.29. The standard InChI is InChI=1S/C20H21FN8O5S/c1-11-5-6-14(34-11)17-26-27-20(29(17)16-18(32-3)24-10-25-19(16)33-4)28-35(30,31)12(2)7-15-22-8-13(21)9-23-15/h5-6,8-10,12H,7H2,1-4H3,(H,27,28)/t12-/m0/s1. The van der Waals surface area contributed by atoms with Gasteiger partial charge in [0.1, 0.15) is 17.9 Å². The fraction of sp³-hybridized carbons (Fsp3) is 0.300. The molecule has 4 heterocycles. The minimum absolute atomic E-state index is 0.0743. The zero-order valence-electron chi connectivity index (χ0n) is 19.1. The highest BCUT2D eigenvalue weighted by molar-refractivity contribution is 7.93. The van der Waals surface area contributed by atoms with Crippen LogP contribution in [0, 0.1) is 12.7 Å². The quantitative estimate of drug-likeness (QED) is 0.355. The smallest absolute Gasteiger partial charge is 0.245 e. The van der Waals surface area contributed by atoms with E-state index in [0.717, 1.165) is 12.4 Å². The summed E-state index contributed by atoms with van der Waals surface area (Å²) in [5.41, 5.74) is 0.152. The summed E-state index contributed by atoms with van der Waals surface area (Å²) in [5.74, 6) is 0.572. The van der Waals surface area contributed by atoms with Crippen LogP contribution in [0.25, 0.3) is 17.3 Å². The van der Waals surface area contributed by atoms with Crippen LogP contribution < -0.4 is 14.2 Å². The van der Waals surface area contributed by atoms with E-state index in [1.807, 2.05) is 0 Å². The second-order valence-corrected chi connectivity index (χ2v) is 9.41. The van der Waals surface area contributed by atoms with Crippen molar-refractivity contribution in [2.75, 3.05) is 18.9 Å². The van der Waals surface area contributed by atoms with Gasteiger partial charge in [-0.3, -0.25) is 4.72 Å². The first-order valence-corrected chi connectivity index (χ1v) is 11.7. The maximum Gasteiger partial charge on any atom is 0.245 e. The number of sulfonamides is 1. The third-order valence-electron chi connectivity index (χ3n) is 4.90. The summed E-state index contributed by atoms with van der Waals surface area (Å²) in [7, 11) is -1.28. The Morgan fingerprint density at radius 3 is 2.31 bits per heavy atom. The molecule has 1 atom stereocenters. The van der Waals surface area contributed by atoms with Crippen LogP contribution in [0.1, 0.15) is 18.5 Å². The van der Waals surface area contributed by atoms with Crippen LogP contribution in [0.3, 0.4) is 0 Å². The molecule has 0 aromatic carbocycles. The number of ether oxygens (including phenoxy) is 2. The van der Waals surface area contributed by atoms with Gasteiger partial charge < -0.3 is 13.9 Å². The summed E-state index contributed by atoms with van der Waals surface area (Å²) >= 11 is 0. The summed E-state index contributed by atoms with van der Waals surface area (Å²) in [5, 5.41) is 7.14. The lowest BCUT2D eigenvalue weighted by Gasteiger charge is -2.17. The van der Waals surface area contributed by atoms with E-state index >= 15 is 0 Å². The fourth-order valence-electron chi connectivity index (χ4n) is 3.15. The zero-order valence-corrected chi connectivity index (χ0v) is 19.9. The summed E-state index contributed by atoms with van der Waals surface area (Å²) < 4.78 is 59.6. The molecule has 13 nitrogen and oxygen atoms in total. The van der Waals surface area contributed by atoms with Gasteiger partial charge in [-0.25, -0.2) is 27.3 Å². The number of methoxy groups -OCH3 is 2.